The maximum Gasteiger partial charge on any atom is 0.119 e. The number of aromatic nitrogens is 1. The zero-order valence-electron chi connectivity index (χ0n) is 11.7. The molecule has 1 aliphatic rings. The van der Waals surface area contributed by atoms with Crippen molar-refractivity contribution in [1.29, 1.82) is 0 Å². The quantitative estimate of drug-likeness (QED) is 0.846. The summed E-state index contributed by atoms with van der Waals surface area (Å²) in [6.45, 7) is 1.68. The van der Waals surface area contributed by atoms with E-state index >= 15 is 0 Å². The van der Waals surface area contributed by atoms with Crippen molar-refractivity contribution in [2.24, 2.45) is 0 Å². The molecular formula is C17H21NO2. The lowest BCUT2D eigenvalue weighted by Crippen LogP contribution is -2.13. The monoisotopic (exact) mass is 271 g/mol. The van der Waals surface area contributed by atoms with Gasteiger partial charge in [0.2, 0.25) is 0 Å². The molecule has 0 spiro atoms. The van der Waals surface area contributed by atoms with Crippen molar-refractivity contribution in [3.63, 3.8) is 0 Å². The van der Waals surface area contributed by atoms with Gasteiger partial charge in [-0.05, 0) is 43.9 Å². The second-order valence-corrected chi connectivity index (χ2v) is 5.33. The summed E-state index contributed by atoms with van der Waals surface area (Å²) < 4.78 is 7.98. The van der Waals surface area contributed by atoms with Crippen molar-refractivity contribution >= 4 is 0 Å². The van der Waals surface area contributed by atoms with Gasteiger partial charge in [0.05, 0.1) is 12.7 Å². The van der Waals surface area contributed by atoms with Gasteiger partial charge < -0.3 is 14.4 Å². The molecule has 106 valence electrons. The van der Waals surface area contributed by atoms with Crippen LogP contribution in [0, 0.1) is 0 Å². The third-order valence-corrected chi connectivity index (χ3v) is 3.92. The molecule has 3 nitrogen and oxygen atoms in total. The van der Waals surface area contributed by atoms with Crippen LogP contribution < -0.4 is 4.74 Å². The zero-order valence-corrected chi connectivity index (χ0v) is 11.7. The highest BCUT2D eigenvalue weighted by atomic mass is 16.5. The predicted molar refractivity (Wildman–Crippen MR) is 78.9 cm³/mol. The standard InChI is InChI=1S/C17H21NO2/c19-17-9-4-8-16-15(17)10-12-18(16)11-5-13-20-14-6-2-1-3-7-14/h1-3,6-7,10,12,17,19H,4-5,8-9,11,13H2. The molecule has 1 heterocycles. The molecule has 3 heteroatoms. The largest absolute Gasteiger partial charge is 0.494 e. The molecule has 3 rings (SSSR count). The number of nitrogens with zero attached hydrogens (tertiary/aromatic N) is 1. The molecule has 1 atom stereocenters. The third kappa shape index (κ3) is 2.88. The summed E-state index contributed by atoms with van der Waals surface area (Å²) in [5.41, 5.74) is 2.43. The van der Waals surface area contributed by atoms with E-state index < -0.39 is 0 Å². The molecule has 0 saturated heterocycles. The predicted octanol–water partition coefficient (Wildman–Crippen LogP) is 3.33. The number of hydrogen-bond donors (Lipinski definition) is 1. The lowest BCUT2D eigenvalue weighted by molar-refractivity contribution is 0.155. The zero-order chi connectivity index (χ0) is 13.8. The first kappa shape index (κ1) is 13.3. The highest BCUT2D eigenvalue weighted by molar-refractivity contribution is 5.27. The van der Waals surface area contributed by atoms with E-state index in [1.165, 1.54) is 5.69 Å². The van der Waals surface area contributed by atoms with Crippen LogP contribution in [0.15, 0.2) is 42.6 Å². The first-order valence-corrected chi connectivity index (χ1v) is 7.38. The Morgan fingerprint density at radius 1 is 1.20 bits per heavy atom. The Balaban J connectivity index is 1.52. The van der Waals surface area contributed by atoms with Gasteiger partial charge in [0.1, 0.15) is 5.75 Å². The molecule has 0 radical (unpaired) electrons. The van der Waals surface area contributed by atoms with Crippen molar-refractivity contribution < 1.29 is 9.84 Å². The summed E-state index contributed by atoms with van der Waals surface area (Å²) in [5, 5.41) is 9.96. The summed E-state index contributed by atoms with van der Waals surface area (Å²) in [6.07, 6.45) is 5.88. The highest BCUT2D eigenvalue weighted by Gasteiger charge is 2.20. The molecule has 0 bridgehead atoms. The van der Waals surface area contributed by atoms with E-state index in [0.717, 1.165) is 50.1 Å². The number of rotatable bonds is 5. The molecule has 0 fully saturated rings. The molecule has 1 aromatic carbocycles. The second kappa shape index (κ2) is 6.14. The van der Waals surface area contributed by atoms with Gasteiger partial charge in [-0.15, -0.1) is 0 Å². The van der Waals surface area contributed by atoms with Crippen LogP contribution in [-0.4, -0.2) is 16.3 Å². The maximum atomic E-state index is 9.96. The van der Waals surface area contributed by atoms with Crippen LogP contribution in [0.3, 0.4) is 0 Å². The fourth-order valence-electron chi connectivity index (χ4n) is 2.88. The lowest BCUT2D eigenvalue weighted by atomic mass is 9.95. The maximum absolute atomic E-state index is 9.96. The fourth-order valence-corrected chi connectivity index (χ4v) is 2.88. The molecule has 0 aliphatic heterocycles. The Morgan fingerprint density at radius 2 is 2.05 bits per heavy atom. The van der Waals surface area contributed by atoms with Crippen LogP contribution in [0.25, 0.3) is 0 Å². The first-order chi connectivity index (χ1) is 9.84. The number of hydrogen-bond acceptors (Lipinski definition) is 2. The number of aryl methyl sites for hydroxylation is 1. The van der Waals surface area contributed by atoms with E-state index in [1.807, 2.05) is 30.3 Å². The Hall–Kier alpha value is -1.74. The normalized spacial score (nSPS) is 17.8. The van der Waals surface area contributed by atoms with Gasteiger partial charge in [-0.1, -0.05) is 18.2 Å². The fraction of sp³-hybridized carbons (Fsp3) is 0.412. The molecular weight excluding hydrogens is 250 g/mol. The molecule has 1 unspecified atom stereocenters. The van der Waals surface area contributed by atoms with E-state index in [4.69, 9.17) is 4.74 Å². The van der Waals surface area contributed by atoms with Gasteiger partial charge in [-0.3, -0.25) is 0 Å². The number of benzene rings is 1. The first-order valence-electron chi connectivity index (χ1n) is 7.38. The summed E-state index contributed by atoms with van der Waals surface area (Å²) in [4.78, 5) is 0. The van der Waals surface area contributed by atoms with Gasteiger partial charge in [0.15, 0.2) is 0 Å². The SMILES string of the molecule is OC1CCCc2c1ccn2CCCOc1ccccc1. The Labute approximate surface area is 119 Å². The topological polar surface area (TPSA) is 34.4 Å². The van der Waals surface area contributed by atoms with E-state index in [-0.39, 0.29) is 6.10 Å². The molecule has 1 N–H and O–H groups in total. The van der Waals surface area contributed by atoms with Gasteiger partial charge >= 0.3 is 0 Å². The molecule has 1 aromatic heterocycles. The summed E-state index contributed by atoms with van der Waals surface area (Å²) in [6, 6.07) is 12.0. The number of aliphatic hydroxyl groups is 1. The van der Waals surface area contributed by atoms with Crippen LogP contribution in [0.1, 0.15) is 36.6 Å². The number of para-hydroxylation sites is 1. The highest BCUT2D eigenvalue weighted by Crippen LogP contribution is 2.30. The van der Waals surface area contributed by atoms with Crippen molar-refractivity contribution in [3.8, 4) is 5.75 Å². The number of ether oxygens (including phenoxy) is 1. The molecule has 0 saturated carbocycles. The smallest absolute Gasteiger partial charge is 0.119 e. The minimum absolute atomic E-state index is 0.263. The Bertz CT molecular complexity index is 547. The van der Waals surface area contributed by atoms with Crippen LogP contribution >= 0.6 is 0 Å². The number of aliphatic hydroxyl groups excluding tert-OH is 1. The Kier molecular flexibility index (Phi) is 4.07. The molecule has 0 amide bonds. The number of fused-ring (bicyclic) bond motifs is 1. The summed E-state index contributed by atoms with van der Waals surface area (Å²) in [7, 11) is 0. The van der Waals surface area contributed by atoms with Crippen LogP contribution in [0.5, 0.6) is 5.75 Å². The average Bonchev–Trinajstić information content (AvgIpc) is 2.90. The summed E-state index contributed by atoms with van der Waals surface area (Å²) in [5.74, 6) is 0.928. The van der Waals surface area contributed by atoms with E-state index in [2.05, 4.69) is 16.8 Å². The van der Waals surface area contributed by atoms with Crippen LogP contribution in [-0.2, 0) is 13.0 Å². The lowest BCUT2D eigenvalue weighted by Gasteiger charge is -2.20. The molecule has 2 aromatic rings. The van der Waals surface area contributed by atoms with Gasteiger partial charge in [0, 0.05) is 24.0 Å². The van der Waals surface area contributed by atoms with Gasteiger partial charge in [-0.25, -0.2) is 0 Å². The third-order valence-electron chi connectivity index (χ3n) is 3.92. The van der Waals surface area contributed by atoms with E-state index in [0.29, 0.717) is 0 Å². The Morgan fingerprint density at radius 3 is 2.90 bits per heavy atom. The van der Waals surface area contributed by atoms with Crippen molar-refractivity contribution in [2.75, 3.05) is 6.61 Å². The van der Waals surface area contributed by atoms with Crippen LogP contribution in [0.2, 0.25) is 0 Å². The van der Waals surface area contributed by atoms with E-state index in [1.54, 1.807) is 0 Å². The van der Waals surface area contributed by atoms with Crippen molar-refractivity contribution in [1.82, 2.24) is 4.57 Å². The molecule has 20 heavy (non-hydrogen) atoms. The average molecular weight is 271 g/mol. The summed E-state index contributed by atoms with van der Waals surface area (Å²) >= 11 is 0. The van der Waals surface area contributed by atoms with Crippen molar-refractivity contribution in [3.05, 3.63) is 53.9 Å². The van der Waals surface area contributed by atoms with Gasteiger partial charge in [0.25, 0.3) is 0 Å². The minimum Gasteiger partial charge on any atom is -0.494 e. The van der Waals surface area contributed by atoms with Gasteiger partial charge in [-0.2, -0.15) is 0 Å². The van der Waals surface area contributed by atoms with Crippen molar-refractivity contribution in [2.45, 2.75) is 38.3 Å². The van der Waals surface area contributed by atoms with E-state index in [9.17, 15) is 5.11 Å². The van der Waals surface area contributed by atoms with Crippen LogP contribution in [0.4, 0.5) is 0 Å². The molecule has 1 aliphatic carbocycles. The second-order valence-electron chi connectivity index (χ2n) is 5.33. The minimum atomic E-state index is -0.263.